The molecule has 2 aromatic carbocycles. The molecule has 0 radical (unpaired) electrons. The van der Waals surface area contributed by atoms with E-state index in [1.54, 1.807) is 24.4 Å². The zero-order chi connectivity index (χ0) is 28.8. The maximum atomic E-state index is 13.7. The third-order valence-electron chi connectivity index (χ3n) is 6.58. The molecule has 4 aromatic rings. The molecule has 41 heavy (non-hydrogen) atoms. The number of pyridine rings is 2. The average molecular weight is 619 g/mol. The summed E-state index contributed by atoms with van der Waals surface area (Å²) in [6.07, 6.45) is 2.84. The number of hydrogen-bond donors (Lipinski definition) is 4. The van der Waals surface area contributed by atoms with Gasteiger partial charge in [0.15, 0.2) is 5.69 Å². The molecule has 1 atom stereocenters. The molecule has 1 fully saturated rings. The van der Waals surface area contributed by atoms with Gasteiger partial charge >= 0.3 is 12.2 Å². The summed E-state index contributed by atoms with van der Waals surface area (Å²) in [5, 5.41) is 18.0. The number of piperidine rings is 1. The molecule has 0 unspecified atom stereocenters. The molecule has 1 saturated heterocycles. The van der Waals surface area contributed by atoms with Crippen LogP contribution < -0.4 is 20.9 Å². The van der Waals surface area contributed by atoms with Crippen molar-refractivity contribution in [3.8, 4) is 0 Å². The van der Waals surface area contributed by atoms with E-state index in [0.29, 0.717) is 30.0 Å². The number of carboxylic acid groups (broad SMARTS) is 1. The number of fused-ring (bicyclic) bond motifs is 1. The van der Waals surface area contributed by atoms with Crippen molar-refractivity contribution in [2.75, 3.05) is 28.6 Å². The number of rotatable bonds is 7. The second kappa shape index (κ2) is 12.6. The first-order valence-electron chi connectivity index (χ1n) is 12.9. The van der Waals surface area contributed by atoms with Crippen molar-refractivity contribution in [1.82, 2.24) is 15.3 Å². The Kier molecular flexibility index (Phi) is 8.59. The highest BCUT2D eigenvalue weighted by Gasteiger charge is 2.25. The van der Waals surface area contributed by atoms with Crippen LogP contribution in [0.15, 0.2) is 77.5 Å². The third-order valence-corrected chi connectivity index (χ3v) is 7.07. The maximum absolute atomic E-state index is 13.7. The summed E-state index contributed by atoms with van der Waals surface area (Å²) in [4.78, 5) is 48.3. The molecule has 0 bridgehead atoms. The quantitative estimate of drug-likeness (QED) is 0.208. The van der Waals surface area contributed by atoms with Gasteiger partial charge < -0.3 is 25.4 Å². The van der Waals surface area contributed by atoms with Crippen molar-refractivity contribution >= 4 is 62.0 Å². The van der Waals surface area contributed by atoms with Gasteiger partial charge in [-0.25, -0.2) is 14.6 Å². The van der Waals surface area contributed by atoms with E-state index < -0.39 is 18.1 Å². The monoisotopic (exact) mass is 618 g/mol. The van der Waals surface area contributed by atoms with E-state index in [9.17, 15) is 14.4 Å². The SMILES string of the molecule is O=C(O)N[C@H]1CCCN(c2ccncc2NC(=O)c2nc3cc(Br)ccc3cc2NC(=O)OCc2ccccc2)C1. The van der Waals surface area contributed by atoms with Gasteiger partial charge in [0.2, 0.25) is 0 Å². The minimum absolute atomic E-state index is 0.00821. The minimum Gasteiger partial charge on any atom is -0.465 e. The largest absolute Gasteiger partial charge is 0.465 e. The number of carbonyl (C=O) groups is 3. The van der Waals surface area contributed by atoms with E-state index in [-0.39, 0.29) is 24.0 Å². The molecule has 11 nitrogen and oxygen atoms in total. The number of halogens is 1. The van der Waals surface area contributed by atoms with Crippen LogP contribution in [0.5, 0.6) is 0 Å². The van der Waals surface area contributed by atoms with E-state index in [2.05, 4.69) is 41.8 Å². The fourth-order valence-corrected chi connectivity index (χ4v) is 5.06. The molecule has 0 aliphatic carbocycles. The van der Waals surface area contributed by atoms with Crippen molar-refractivity contribution in [2.45, 2.75) is 25.5 Å². The van der Waals surface area contributed by atoms with Crippen LogP contribution in [0.1, 0.15) is 28.9 Å². The fraction of sp³-hybridized carbons (Fsp3) is 0.207. The number of hydrogen-bond acceptors (Lipinski definition) is 7. The average Bonchev–Trinajstić information content (AvgIpc) is 2.96. The number of anilines is 3. The zero-order valence-corrected chi connectivity index (χ0v) is 23.4. The van der Waals surface area contributed by atoms with Gasteiger partial charge in [-0.3, -0.25) is 15.1 Å². The molecule has 2 aromatic heterocycles. The summed E-state index contributed by atoms with van der Waals surface area (Å²) in [5.41, 5.74) is 2.69. The van der Waals surface area contributed by atoms with Gasteiger partial charge in [0, 0.05) is 35.2 Å². The molecule has 3 amide bonds. The Morgan fingerprint density at radius 1 is 1.05 bits per heavy atom. The van der Waals surface area contributed by atoms with Crippen molar-refractivity contribution < 1.29 is 24.2 Å². The molecule has 1 aliphatic rings. The molecule has 0 saturated carbocycles. The first-order valence-corrected chi connectivity index (χ1v) is 13.7. The normalized spacial score (nSPS) is 14.8. The smallest absolute Gasteiger partial charge is 0.412 e. The number of nitrogens with one attached hydrogen (secondary N) is 3. The Bertz CT molecular complexity index is 1590. The fourth-order valence-electron chi connectivity index (χ4n) is 4.71. The predicted molar refractivity (Wildman–Crippen MR) is 158 cm³/mol. The van der Waals surface area contributed by atoms with Crippen LogP contribution in [0.3, 0.4) is 0 Å². The molecule has 210 valence electrons. The number of amides is 3. The van der Waals surface area contributed by atoms with Crippen molar-refractivity contribution in [1.29, 1.82) is 0 Å². The van der Waals surface area contributed by atoms with Gasteiger partial charge in [0.1, 0.15) is 6.61 Å². The van der Waals surface area contributed by atoms with Crippen LogP contribution in [0.2, 0.25) is 0 Å². The lowest BCUT2D eigenvalue weighted by molar-refractivity contribution is 0.102. The molecule has 1 aliphatic heterocycles. The minimum atomic E-state index is -1.07. The Hall–Kier alpha value is -4.71. The topological polar surface area (TPSA) is 146 Å². The van der Waals surface area contributed by atoms with Crippen LogP contribution >= 0.6 is 15.9 Å². The Labute approximate surface area is 244 Å². The van der Waals surface area contributed by atoms with Crippen LogP contribution in [0.4, 0.5) is 26.7 Å². The lowest BCUT2D eigenvalue weighted by Crippen LogP contribution is -2.47. The first kappa shape index (κ1) is 27.8. The van der Waals surface area contributed by atoms with E-state index in [1.807, 2.05) is 47.4 Å². The predicted octanol–water partition coefficient (Wildman–Crippen LogP) is 5.63. The third kappa shape index (κ3) is 7.09. The molecule has 12 heteroatoms. The van der Waals surface area contributed by atoms with Crippen molar-refractivity contribution in [3.05, 3.63) is 88.8 Å². The van der Waals surface area contributed by atoms with Gasteiger partial charge in [-0.2, -0.15) is 0 Å². The van der Waals surface area contributed by atoms with Gasteiger partial charge in [-0.05, 0) is 42.7 Å². The molecular formula is C29H27BrN6O5. The standard InChI is InChI=1S/C29H27BrN6O5/c30-20-9-8-19-13-23(35-29(40)41-17-18-5-2-1-3-6-18)26(33-22(19)14-20)27(37)34-24-15-31-11-10-25(24)36-12-4-7-21(16-36)32-28(38)39/h1-3,5-6,8-11,13-15,21,32H,4,7,12,16-17H2,(H,34,37)(H,35,40)(H,38,39)/t21-/m0/s1. The van der Waals surface area contributed by atoms with E-state index in [0.717, 1.165) is 28.3 Å². The summed E-state index contributed by atoms with van der Waals surface area (Å²) >= 11 is 3.44. The van der Waals surface area contributed by atoms with Crippen LogP contribution in [-0.2, 0) is 11.3 Å². The van der Waals surface area contributed by atoms with Gasteiger partial charge in [0.05, 0.1) is 28.8 Å². The Morgan fingerprint density at radius 2 is 1.88 bits per heavy atom. The number of benzene rings is 2. The summed E-state index contributed by atoms with van der Waals surface area (Å²) in [6.45, 7) is 1.20. The highest BCUT2D eigenvalue weighted by molar-refractivity contribution is 9.10. The van der Waals surface area contributed by atoms with Crippen molar-refractivity contribution in [3.63, 3.8) is 0 Å². The van der Waals surface area contributed by atoms with Gasteiger partial charge in [-0.1, -0.05) is 52.3 Å². The van der Waals surface area contributed by atoms with Crippen LogP contribution in [0, 0.1) is 0 Å². The van der Waals surface area contributed by atoms with Gasteiger partial charge in [0.25, 0.3) is 5.91 Å². The van der Waals surface area contributed by atoms with Crippen LogP contribution in [-0.4, -0.2) is 52.3 Å². The van der Waals surface area contributed by atoms with Crippen LogP contribution in [0.25, 0.3) is 10.9 Å². The Morgan fingerprint density at radius 3 is 2.68 bits per heavy atom. The van der Waals surface area contributed by atoms with E-state index >= 15 is 0 Å². The first-order chi connectivity index (χ1) is 19.9. The number of ether oxygens (including phenoxy) is 1. The lowest BCUT2D eigenvalue weighted by atomic mass is 10.0. The maximum Gasteiger partial charge on any atom is 0.412 e. The molecule has 5 rings (SSSR count). The number of nitrogens with zero attached hydrogens (tertiary/aromatic N) is 3. The second-order valence-corrected chi connectivity index (χ2v) is 10.4. The summed E-state index contributed by atoms with van der Waals surface area (Å²) < 4.78 is 6.16. The molecular weight excluding hydrogens is 592 g/mol. The van der Waals surface area contributed by atoms with Crippen molar-refractivity contribution in [2.24, 2.45) is 0 Å². The number of carbonyl (C=O) groups excluding carboxylic acids is 2. The molecule has 3 heterocycles. The summed E-state index contributed by atoms with van der Waals surface area (Å²) in [6, 6.07) is 17.9. The van der Waals surface area contributed by atoms with Gasteiger partial charge in [-0.15, -0.1) is 0 Å². The Balaban J connectivity index is 1.40. The summed E-state index contributed by atoms with van der Waals surface area (Å²) in [5.74, 6) is -0.559. The second-order valence-electron chi connectivity index (χ2n) is 9.49. The lowest BCUT2D eigenvalue weighted by Gasteiger charge is -2.35. The van der Waals surface area contributed by atoms with E-state index in [1.165, 1.54) is 6.20 Å². The molecule has 4 N–H and O–H groups in total. The molecule has 0 spiro atoms. The number of aromatic nitrogens is 2. The highest BCUT2D eigenvalue weighted by Crippen LogP contribution is 2.30. The van der Waals surface area contributed by atoms with E-state index in [4.69, 9.17) is 9.84 Å². The highest BCUT2D eigenvalue weighted by atomic mass is 79.9. The zero-order valence-electron chi connectivity index (χ0n) is 21.8. The summed E-state index contributed by atoms with van der Waals surface area (Å²) in [7, 11) is 0.